The van der Waals surface area contributed by atoms with E-state index in [1.807, 2.05) is 32.3 Å². The first-order chi connectivity index (χ1) is 12.4. The summed E-state index contributed by atoms with van der Waals surface area (Å²) in [7, 11) is 3.68. The first kappa shape index (κ1) is 17.5. The zero-order chi connectivity index (χ0) is 18.7. The highest BCUT2D eigenvalue weighted by Crippen LogP contribution is 2.22. The molecule has 0 radical (unpaired) electrons. The second kappa shape index (κ2) is 7.31. The minimum Gasteiger partial charge on any atom is -0.347 e. The second-order valence-electron chi connectivity index (χ2n) is 6.11. The molecule has 6 heteroatoms. The Hall–Kier alpha value is -3.28. The number of hydrogen-bond acceptors (Lipinski definition) is 4. The summed E-state index contributed by atoms with van der Waals surface area (Å²) in [6.45, 7) is 1.77. The molecule has 26 heavy (non-hydrogen) atoms. The van der Waals surface area contributed by atoms with Crippen LogP contribution in [-0.2, 0) is 0 Å². The summed E-state index contributed by atoms with van der Waals surface area (Å²) in [6, 6.07) is 13.6. The van der Waals surface area contributed by atoms with Gasteiger partial charge in [0, 0.05) is 26.0 Å². The van der Waals surface area contributed by atoms with Crippen LogP contribution in [0.5, 0.6) is 0 Å². The van der Waals surface area contributed by atoms with Crippen molar-refractivity contribution in [3.05, 3.63) is 71.8 Å². The van der Waals surface area contributed by atoms with E-state index in [1.54, 1.807) is 30.0 Å². The van der Waals surface area contributed by atoms with E-state index < -0.39 is 0 Å². The van der Waals surface area contributed by atoms with Gasteiger partial charge in [-0.05, 0) is 42.3 Å². The molecule has 1 heterocycles. The van der Waals surface area contributed by atoms with Crippen molar-refractivity contribution in [2.45, 2.75) is 6.92 Å². The zero-order valence-electron chi connectivity index (χ0n) is 14.8. The molecule has 1 N–H and O–H groups in total. The number of nitrogens with one attached hydrogen (secondary N) is 1. The average Bonchev–Trinajstić information content (AvgIpc) is 2.62. The number of hydrogen-bond donors (Lipinski definition) is 1. The number of nitrogens with zero attached hydrogens (tertiary/aromatic N) is 3. The summed E-state index contributed by atoms with van der Waals surface area (Å²) < 4.78 is 13.3. The van der Waals surface area contributed by atoms with Crippen LogP contribution in [0.3, 0.4) is 0 Å². The minimum atomic E-state index is -0.281. The predicted molar refractivity (Wildman–Crippen MR) is 101 cm³/mol. The van der Waals surface area contributed by atoms with E-state index in [4.69, 9.17) is 0 Å². The van der Waals surface area contributed by atoms with Gasteiger partial charge < -0.3 is 10.2 Å². The SMILES string of the molecule is Cc1nc(N(C)C)ncc1C(=O)Nc1ccc(-c2cccc(F)c2)cc1. The van der Waals surface area contributed by atoms with Crippen LogP contribution in [0.1, 0.15) is 16.1 Å². The lowest BCUT2D eigenvalue weighted by atomic mass is 10.1. The number of benzene rings is 2. The van der Waals surface area contributed by atoms with Crippen LogP contribution in [0.15, 0.2) is 54.7 Å². The van der Waals surface area contributed by atoms with Gasteiger partial charge in [-0.15, -0.1) is 0 Å². The van der Waals surface area contributed by atoms with Crippen molar-refractivity contribution in [2.75, 3.05) is 24.3 Å². The average molecular weight is 350 g/mol. The first-order valence-corrected chi connectivity index (χ1v) is 8.12. The van der Waals surface area contributed by atoms with Gasteiger partial charge in [0.05, 0.1) is 11.3 Å². The van der Waals surface area contributed by atoms with E-state index in [0.29, 0.717) is 22.9 Å². The molecule has 3 rings (SSSR count). The molecule has 0 saturated carbocycles. The molecule has 132 valence electrons. The third-order valence-corrected chi connectivity index (χ3v) is 3.91. The van der Waals surface area contributed by atoms with Gasteiger partial charge in [0.1, 0.15) is 5.82 Å². The highest BCUT2D eigenvalue weighted by Gasteiger charge is 2.13. The van der Waals surface area contributed by atoms with Crippen molar-refractivity contribution in [1.29, 1.82) is 0 Å². The van der Waals surface area contributed by atoms with E-state index in [2.05, 4.69) is 15.3 Å². The fourth-order valence-corrected chi connectivity index (χ4v) is 2.51. The number of rotatable bonds is 4. The maximum atomic E-state index is 13.3. The smallest absolute Gasteiger partial charge is 0.259 e. The molecule has 0 unspecified atom stereocenters. The minimum absolute atomic E-state index is 0.272. The summed E-state index contributed by atoms with van der Waals surface area (Å²) in [4.78, 5) is 22.7. The predicted octanol–water partition coefficient (Wildman–Crippen LogP) is 3.91. The number of carbonyl (C=O) groups excluding carboxylic acids is 1. The Morgan fingerprint density at radius 3 is 2.42 bits per heavy atom. The van der Waals surface area contributed by atoms with E-state index in [-0.39, 0.29) is 11.7 Å². The van der Waals surface area contributed by atoms with Crippen molar-refractivity contribution in [1.82, 2.24) is 9.97 Å². The lowest BCUT2D eigenvalue weighted by Crippen LogP contribution is -2.18. The van der Waals surface area contributed by atoms with Gasteiger partial charge in [0.2, 0.25) is 5.95 Å². The summed E-state index contributed by atoms with van der Waals surface area (Å²) in [5.41, 5.74) is 3.33. The molecule has 3 aromatic rings. The molecule has 0 aliphatic carbocycles. The number of anilines is 2. The molecular weight excluding hydrogens is 331 g/mol. The monoisotopic (exact) mass is 350 g/mol. The normalized spacial score (nSPS) is 10.5. The molecule has 2 aromatic carbocycles. The van der Waals surface area contributed by atoms with Crippen LogP contribution < -0.4 is 10.2 Å². The van der Waals surface area contributed by atoms with Crippen molar-refractivity contribution >= 4 is 17.5 Å². The van der Waals surface area contributed by atoms with Gasteiger partial charge in [-0.3, -0.25) is 4.79 Å². The van der Waals surface area contributed by atoms with Crippen molar-refractivity contribution in [2.24, 2.45) is 0 Å². The van der Waals surface area contributed by atoms with E-state index >= 15 is 0 Å². The second-order valence-corrected chi connectivity index (χ2v) is 6.11. The van der Waals surface area contributed by atoms with Crippen LogP contribution in [0, 0.1) is 12.7 Å². The Balaban J connectivity index is 1.76. The van der Waals surface area contributed by atoms with Gasteiger partial charge in [0.25, 0.3) is 5.91 Å². The highest BCUT2D eigenvalue weighted by atomic mass is 19.1. The van der Waals surface area contributed by atoms with Crippen molar-refractivity contribution in [3.8, 4) is 11.1 Å². The highest BCUT2D eigenvalue weighted by molar-refractivity contribution is 6.04. The molecule has 0 aliphatic rings. The van der Waals surface area contributed by atoms with Crippen LogP contribution in [-0.4, -0.2) is 30.0 Å². The quantitative estimate of drug-likeness (QED) is 0.775. The first-order valence-electron chi connectivity index (χ1n) is 8.12. The topological polar surface area (TPSA) is 58.1 Å². The van der Waals surface area contributed by atoms with Gasteiger partial charge in [-0.25, -0.2) is 14.4 Å². The maximum Gasteiger partial charge on any atom is 0.259 e. The van der Waals surface area contributed by atoms with Crippen LogP contribution >= 0.6 is 0 Å². The summed E-state index contributed by atoms with van der Waals surface area (Å²) in [5, 5.41) is 2.83. The van der Waals surface area contributed by atoms with Crippen molar-refractivity contribution < 1.29 is 9.18 Å². The Bertz CT molecular complexity index is 939. The Kier molecular flexibility index (Phi) is 4.93. The van der Waals surface area contributed by atoms with E-state index in [1.165, 1.54) is 18.3 Å². The Morgan fingerprint density at radius 1 is 1.08 bits per heavy atom. The maximum absolute atomic E-state index is 13.3. The lowest BCUT2D eigenvalue weighted by Gasteiger charge is -2.12. The molecule has 1 amide bonds. The standard InChI is InChI=1S/C20H19FN4O/c1-13-18(12-22-20(23-13)25(2)3)19(26)24-17-9-7-14(8-10-17)15-5-4-6-16(21)11-15/h4-12H,1-3H3,(H,24,26). The largest absolute Gasteiger partial charge is 0.347 e. The third kappa shape index (κ3) is 3.85. The molecule has 0 saturated heterocycles. The summed E-state index contributed by atoms with van der Waals surface area (Å²) in [6.07, 6.45) is 1.52. The van der Waals surface area contributed by atoms with Crippen molar-refractivity contribution in [3.63, 3.8) is 0 Å². The van der Waals surface area contributed by atoms with Gasteiger partial charge in [-0.1, -0.05) is 24.3 Å². The molecule has 0 fully saturated rings. The lowest BCUT2D eigenvalue weighted by molar-refractivity contribution is 0.102. The van der Waals surface area contributed by atoms with E-state index in [9.17, 15) is 9.18 Å². The van der Waals surface area contributed by atoms with Crippen LogP contribution in [0.2, 0.25) is 0 Å². The Labute approximate surface area is 151 Å². The fourth-order valence-electron chi connectivity index (χ4n) is 2.51. The van der Waals surface area contributed by atoms with Gasteiger partial charge >= 0.3 is 0 Å². The number of aryl methyl sites for hydroxylation is 1. The summed E-state index contributed by atoms with van der Waals surface area (Å²) >= 11 is 0. The van der Waals surface area contributed by atoms with Gasteiger partial charge in [-0.2, -0.15) is 0 Å². The molecular formula is C20H19FN4O. The third-order valence-electron chi connectivity index (χ3n) is 3.91. The molecule has 0 atom stereocenters. The van der Waals surface area contributed by atoms with E-state index in [0.717, 1.165) is 11.1 Å². The fraction of sp³-hybridized carbons (Fsp3) is 0.150. The Morgan fingerprint density at radius 2 is 1.81 bits per heavy atom. The van der Waals surface area contributed by atoms with Crippen LogP contribution in [0.4, 0.5) is 16.0 Å². The zero-order valence-corrected chi connectivity index (χ0v) is 14.8. The number of amides is 1. The molecule has 5 nitrogen and oxygen atoms in total. The number of aromatic nitrogens is 2. The van der Waals surface area contributed by atoms with Crippen LogP contribution in [0.25, 0.3) is 11.1 Å². The molecule has 0 spiro atoms. The molecule has 1 aromatic heterocycles. The molecule has 0 bridgehead atoms. The molecule has 0 aliphatic heterocycles. The number of carbonyl (C=O) groups is 1. The summed E-state index contributed by atoms with van der Waals surface area (Å²) in [5.74, 6) is 0.00123. The van der Waals surface area contributed by atoms with Gasteiger partial charge in [0.15, 0.2) is 0 Å². The number of halogens is 1.